The highest BCUT2D eigenvalue weighted by molar-refractivity contribution is 7.91. The van der Waals surface area contributed by atoms with Gasteiger partial charge in [-0.25, -0.2) is 13.2 Å². The summed E-state index contributed by atoms with van der Waals surface area (Å²) in [5, 5.41) is 0. The molecule has 1 atom stereocenters. The van der Waals surface area contributed by atoms with Crippen LogP contribution in [0.3, 0.4) is 0 Å². The lowest BCUT2D eigenvalue weighted by Crippen LogP contribution is -2.42. The minimum atomic E-state index is -3.41. The summed E-state index contributed by atoms with van der Waals surface area (Å²) in [5.41, 5.74) is 0.676. The minimum absolute atomic E-state index is 0.000646. The molecule has 1 heterocycles. The van der Waals surface area contributed by atoms with Gasteiger partial charge in [-0.05, 0) is 55.4 Å². The van der Waals surface area contributed by atoms with Gasteiger partial charge in [0.05, 0.1) is 36.0 Å². The summed E-state index contributed by atoms with van der Waals surface area (Å²) in [6.45, 7) is 0.689. The predicted octanol–water partition coefficient (Wildman–Crippen LogP) is 2.60. The summed E-state index contributed by atoms with van der Waals surface area (Å²) in [6.07, 6.45) is 5.32. The van der Waals surface area contributed by atoms with Crippen LogP contribution in [0, 0.1) is 5.41 Å². The monoisotopic (exact) mass is 338 g/mol. The van der Waals surface area contributed by atoms with Gasteiger partial charge in [-0.2, -0.15) is 0 Å². The Labute approximate surface area is 136 Å². The standard InChI is InChI=1S/C17H22O5S/c1-21-16(18)13-3-5-15(6-4-13)23(19,20)11-14-7-10-17(12-22-14)8-2-9-17/h3-6,14H,2,7-12H2,1H3. The van der Waals surface area contributed by atoms with Gasteiger partial charge in [0.25, 0.3) is 0 Å². The van der Waals surface area contributed by atoms with Crippen LogP contribution in [0.5, 0.6) is 0 Å². The summed E-state index contributed by atoms with van der Waals surface area (Å²) in [6, 6.07) is 5.86. The van der Waals surface area contributed by atoms with Crippen molar-refractivity contribution >= 4 is 15.8 Å². The molecule has 1 saturated carbocycles. The van der Waals surface area contributed by atoms with Gasteiger partial charge >= 0.3 is 5.97 Å². The number of ether oxygens (including phenoxy) is 2. The Hall–Kier alpha value is -1.40. The third-order valence-corrected chi connectivity index (χ3v) is 6.88. The molecule has 0 radical (unpaired) electrons. The topological polar surface area (TPSA) is 69.7 Å². The average molecular weight is 338 g/mol. The van der Waals surface area contributed by atoms with Gasteiger partial charge < -0.3 is 9.47 Å². The SMILES string of the molecule is COC(=O)c1ccc(S(=O)(=O)CC2CCC3(CCC3)CO2)cc1. The predicted molar refractivity (Wildman–Crippen MR) is 85.1 cm³/mol. The van der Waals surface area contributed by atoms with E-state index in [1.165, 1.54) is 50.6 Å². The second-order valence-corrected chi connectivity index (χ2v) is 8.66. The lowest BCUT2D eigenvalue weighted by Gasteiger charge is -2.46. The van der Waals surface area contributed by atoms with E-state index in [-0.39, 0.29) is 16.8 Å². The second kappa shape index (κ2) is 6.24. The van der Waals surface area contributed by atoms with Crippen LogP contribution in [0.1, 0.15) is 42.5 Å². The van der Waals surface area contributed by atoms with Crippen LogP contribution in [-0.4, -0.2) is 40.0 Å². The summed E-state index contributed by atoms with van der Waals surface area (Å²) < 4.78 is 35.4. The lowest BCUT2D eigenvalue weighted by atomic mass is 9.65. The Bertz CT molecular complexity index is 663. The molecule has 1 aliphatic heterocycles. The molecular formula is C17H22O5S. The van der Waals surface area contributed by atoms with Crippen molar-refractivity contribution in [1.82, 2.24) is 0 Å². The zero-order chi connectivity index (χ0) is 16.5. The van der Waals surface area contributed by atoms with E-state index >= 15 is 0 Å². The highest BCUT2D eigenvalue weighted by atomic mass is 32.2. The molecule has 1 saturated heterocycles. The zero-order valence-corrected chi connectivity index (χ0v) is 14.1. The van der Waals surface area contributed by atoms with Crippen LogP contribution in [-0.2, 0) is 19.3 Å². The van der Waals surface area contributed by atoms with Gasteiger partial charge in [0.2, 0.25) is 0 Å². The van der Waals surface area contributed by atoms with Crippen molar-refractivity contribution in [3.63, 3.8) is 0 Å². The summed E-state index contributed by atoms with van der Waals surface area (Å²) >= 11 is 0. The molecule has 126 valence electrons. The van der Waals surface area contributed by atoms with E-state index in [0.717, 1.165) is 12.8 Å². The van der Waals surface area contributed by atoms with Gasteiger partial charge in [-0.3, -0.25) is 0 Å². The highest BCUT2D eigenvalue weighted by Crippen LogP contribution is 2.48. The van der Waals surface area contributed by atoms with E-state index in [1.807, 2.05) is 0 Å². The fourth-order valence-corrected chi connectivity index (χ4v) is 4.87. The Morgan fingerprint density at radius 2 is 1.96 bits per heavy atom. The third kappa shape index (κ3) is 3.43. The number of sulfone groups is 1. The van der Waals surface area contributed by atoms with E-state index in [0.29, 0.717) is 17.6 Å². The van der Waals surface area contributed by atoms with Gasteiger partial charge in [0.15, 0.2) is 9.84 Å². The van der Waals surface area contributed by atoms with Gasteiger partial charge in [-0.1, -0.05) is 6.42 Å². The molecule has 23 heavy (non-hydrogen) atoms. The van der Waals surface area contributed by atoms with E-state index in [2.05, 4.69) is 4.74 Å². The third-order valence-electron chi connectivity index (χ3n) is 5.08. The largest absolute Gasteiger partial charge is 0.465 e. The van der Waals surface area contributed by atoms with Crippen molar-refractivity contribution in [3.8, 4) is 0 Å². The van der Waals surface area contributed by atoms with Crippen LogP contribution in [0.15, 0.2) is 29.2 Å². The molecule has 3 rings (SSSR count). The van der Waals surface area contributed by atoms with E-state index in [4.69, 9.17) is 4.74 Å². The van der Waals surface area contributed by atoms with E-state index in [1.54, 1.807) is 0 Å². The summed E-state index contributed by atoms with van der Waals surface area (Å²) in [5.74, 6) is -0.476. The molecule has 5 nitrogen and oxygen atoms in total. The maximum atomic E-state index is 12.5. The molecule has 1 unspecified atom stereocenters. The smallest absolute Gasteiger partial charge is 0.337 e. The quantitative estimate of drug-likeness (QED) is 0.789. The van der Waals surface area contributed by atoms with E-state index in [9.17, 15) is 13.2 Å². The number of carbonyl (C=O) groups is 1. The number of methoxy groups -OCH3 is 1. The summed E-state index contributed by atoms with van der Waals surface area (Å²) in [4.78, 5) is 11.6. The molecule has 2 aliphatic rings. The minimum Gasteiger partial charge on any atom is -0.465 e. The first-order valence-corrected chi connectivity index (χ1v) is 9.62. The molecule has 1 aliphatic carbocycles. The van der Waals surface area contributed by atoms with Crippen LogP contribution in [0.25, 0.3) is 0 Å². The Balaban J connectivity index is 1.63. The molecule has 0 bridgehead atoms. The van der Waals surface area contributed by atoms with E-state index < -0.39 is 15.8 Å². The fraction of sp³-hybridized carbons (Fsp3) is 0.588. The van der Waals surface area contributed by atoms with Crippen LogP contribution in [0.2, 0.25) is 0 Å². The molecular weight excluding hydrogens is 316 g/mol. The average Bonchev–Trinajstić information content (AvgIpc) is 2.53. The maximum Gasteiger partial charge on any atom is 0.337 e. The van der Waals surface area contributed by atoms with Crippen LogP contribution >= 0.6 is 0 Å². The molecule has 6 heteroatoms. The lowest BCUT2D eigenvalue weighted by molar-refractivity contribution is -0.0879. The van der Waals surface area contributed by atoms with Crippen molar-refractivity contribution in [2.24, 2.45) is 5.41 Å². The first-order valence-electron chi connectivity index (χ1n) is 7.97. The number of rotatable bonds is 4. The van der Waals surface area contributed by atoms with Crippen molar-refractivity contribution in [2.45, 2.75) is 43.1 Å². The number of hydrogen-bond donors (Lipinski definition) is 0. The number of benzene rings is 1. The van der Waals surface area contributed by atoms with Crippen LogP contribution in [0.4, 0.5) is 0 Å². The summed E-state index contributed by atoms with van der Waals surface area (Å²) in [7, 11) is -2.12. The zero-order valence-electron chi connectivity index (χ0n) is 13.3. The second-order valence-electron chi connectivity index (χ2n) is 6.62. The van der Waals surface area contributed by atoms with Gasteiger partial charge in [-0.15, -0.1) is 0 Å². The van der Waals surface area contributed by atoms with Crippen LogP contribution < -0.4 is 0 Å². The van der Waals surface area contributed by atoms with Crippen molar-refractivity contribution in [3.05, 3.63) is 29.8 Å². The van der Waals surface area contributed by atoms with Gasteiger partial charge in [0, 0.05) is 0 Å². The number of carbonyl (C=O) groups excluding carboxylic acids is 1. The number of esters is 1. The Morgan fingerprint density at radius 3 is 2.43 bits per heavy atom. The number of hydrogen-bond acceptors (Lipinski definition) is 5. The fourth-order valence-electron chi connectivity index (χ4n) is 3.38. The molecule has 2 fully saturated rings. The molecule has 1 aromatic carbocycles. The molecule has 1 aromatic rings. The van der Waals surface area contributed by atoms with Gasteiger partial charge in [0.1, 0.15) is 0 Å². The molecule has 1 spiro atoms. The van der Waals surface area contributed by atoms with Crippen molar-refractivity contribution in [1.29, 1.82) is 0 Å². The molecule has 0 aromatic heterocycles. The Morgan fingerprint density at radius 1 is 1.26 bits per heavy atom. The maximum absolute atomic E-state index is 12.5. The Kier molecular flexibility index (Phi) is 4.47. The normalized spacial score (nSPS) is 23.3. The first kappa shape index (κ1) is 16.5. The van der Waals surface area contributed by atoms with Crippen molar-refractivity contribution in [2.75, 3.05) is 19.5 Å². The van der Waals surface area contributed by atoms with Crippen molar-refractivity contribution < 1.29 is 22.7 Å². The molecule has 0 amide bonds. The molecule has 0 N–H and O–H groups in total. The highest BCUT2D eigenvalue weighted by Gasteiger charge is 2.41. The first-order chi connectivity index (χ1) is 10.9.